The predicted molar refractivity (Wildman–Crippen MR) is 84.8 cm³/mol. The monoisotopic (exact) mass is 353 g/mol. The standard InChI is InChI=1S/C15H13BrClNO2/c1-9-5-13(3-4-14(9)20-2)18-15(19)10-6-11(16)8-12(17)7-10/h3-8H,1-2H3,(H,18,19). The Morgan fingerprint density at radius 3 is 2.60 bits per heavy atom. The smallest absolute Gasteiger partial charge is 0.255 e. The second-order valence-electron chi connectivity index (χ2n) is 4.30. The van der Waals surface area contributed by atoms with Gasteiger partial charge >= 0.3 is 0 Å². The summed E-state index contributed by atoms with van der Waals surface area (Å²) in [4.78, 5) is 12.2. The Labute approximate surface area is 131 Å². The van der Waals surface area contributed by atoms with Crippen LogP contribution in [0.2, 0.25) is 5.02 Å². The molecule has 104 valence electrons. The summed E-state index contributed by atoms with van der Waals surface area (Å²) in [6.45, 7) is 1.92. The molecule has 0 bridgehead atoms. The molecule has 0 spiro atoms. The van der Waals surface area contributed by atoms with Crippen LogP contribution < -0.4 is 10.1 Å². The lowest BCUT2D eigenvalue weighted by atomic mass is 10.1. The van der Waals surface area contributed by atoms with Gasteiger partial charge in [-0.25, -0.2) is 0 Å². The Morgan fingerprint density at radius 1 is 1.25 bits per heavy atom. The third kappa shape index (κ3) is 3.52. The lowest BCUT2D eigenvalue weighted by Crippen LogP contribution is -2.12. The number of carbonyl (C=O) groups is 1. The Bertz CT molecular complexity index is 638. The summed E-state index contributed by atoms with van der Waals surface area (Å²) in [6.07, 6.45) is 0. The SMILES string of the molecule is COc1ccc(NC(=O)c2cc(Cl)cc(Br)c2)cc1C. The maximum absolute atomic E-state index is 12.2. The molecule has 0 aromatic heterocycles. The molecule has 0 atom stereocenters. The van der Waals surface area contributed by atoms with Crippen LogP contribution in [0.25, 0.3) is 0 Å². The number of rotatable bonds is 3. The van der Waals surface area contributed by atoms with E-state index in [-0.39, 0.29) is 5.91 Å². The van der Waals surface area contributed by atoms with Crippen molar-refractivity contribution in [3.05, 3.63) is 57.0 Å². The van der Waals surface area contributed by atoms with Crippen LogP contribution >= 0.6 is 27.5 Å². The van der Waals surface area contributed by atoms with Crippen LogP contribution in [-0.2, 0) is 0 Å². The van der Waals surface area contributed by atoms with E-state index >= 15 is 0 Å². The van der Waals surface area contributed by atoms with Crippen molar-refractivity contribution in [1.82, 2.24) is 0 Å². The van der Waals surface area contributed by atoms with Crippen molar-refractivity contribution in [2.75, 3.05) is 12.4 Å². The van der Waals surface area contributed by atoms with E-state index in [1.54, 1.807) is 31.4 Å². The second-order valence-corrected chi connectivity index (χ2v) is 5.65. The molecule has 0 saturated carbocycles. The number of amides is 1. The van der Waals surface area contributed by atoms with E-state index in [0.29, 0.717) is 16.3 Å². The van der Waals surface area contributed by atoms with Gasteiger partial charge < -0.3 is 10.1 Å². The van der Waals surface area contributed by atoms with Gasteiger partial charge in [0.25, 0.3) is 5.91 Å². The third-order valence-corrected chi connectivity index (χ3v) is 3.45. The number of anilines is 1. The number of aryl methyl sites for hydroxylation is 1. The van der Waals surface area contributed by atoms with Crippen LogP contribution in [0, 0.1) is 6.92 Å². The zero-order valence-electron chi connectivity index (χ0n) is 11.0. The van der Waals surface area contributed by atoms with Gasteiger partial charge in [0.15, 0.2) is 0 Å². The number of ether oxygens (including phenoxy) is 1. The minimum atomic E-state index is -0.210. The van der Waals surface area contributed by atoms with E-state index in [4.69, 9.17) is 16.3 Å². The number of carbonyl (C=O) groups excluding carboxylic acids is 1. The Balaban J connectivity index is 2.21. The zero-order valence-corrected chi connectivity index (χ0v) is 13.4. The summed E-state index contributed by atoms with van der Waals surface area (Å²) >= 11 is 9.25. The predicted octanol–water partition coefficient (Wildman–Crippen LogP) is 4.67. The highest BCUT2D eigenvalue weighted by atomic mass is 79.9. The van der Waals surface area contributed by atoms with Crippen LogP contribution in [0.15, 0.2) is 40.9 Å². The molecule has 0 aliphatic heterocycles. The lowest BCUT2D eigenvalue weighted by molar-refractivity contribution is 0.102. The summed E-state index contributed by atoms with van der Waals surface area (Å²) < 4.78 is 5.95. The van der Waals surface area contributed by atoms with Crippen LogP contribution in [0.5, 0.6) is 5.75 Å². The summed E-state index contributed by atoms with van der Waals surface area (Å²) in [6, 6.07) is 10.5. The first-order chi connectivity index (χ1) is 9.49. The number of benzene rings is 2. The van der Waals surface area contributed by atoms with Crippen molar-refractivity contribution >= 4 is 39.1 Å². The van der Waals surface area contributed by atoms with E-state index < -0.39 is 0 Å². The molecule has 0 radical (unpaired) electrons. The van der Waals surface area contributed by atoms with Gasteiger partial charge in [0.1, 0.15) is 5.75 Å². The third-order valence-electron chi connectivity index (χ3n) is 2.78. The van der Waals surface area contributed by atoms with Crippen LogP contribution in [0.1, 0.15) is 15.9 Å². The van der Waals surface area contributed by atoms with Crippen LogP contribution in [0.4, 0.5) is 5.69 Å². The van der Waals surface area contributed by atoms with E-state index in [0.717, 1.165) is 15.8 Å². The fraction of sp³-hybridized carbons (Fsp3) is 0.133. The summed E-state index contributed by atoms with van der Waals surface area (Å²) in [5.74, 6) is 0.575. The number of nitrogens with one attached hydrogen (secondary N) is 1. The molecule has 1 amide bonds. The van der Waals surface area contributed by atoms with Crippen molar-refractivity contribution in [3.63, 3.8) is 0 Å². The van der Waals surface area contributed by atoms with Crippen LogP contribution in [-0.4, -0.2) is 13.0 Å². The normalized spacial score (nSPS) is 10.2. The topological polar surface area (TPSA) is 38.3 Å². The minimum absolute atomic E-state index is 0.210. The number of hydrogen-bond acceptors (Lipinski definition) is 2. The minimum Gasteiger partial charge on any atom is -0.496 e. The zero-order chi connectivity index (χ0) is 14.7. The average molecular weight is 355 g/mol. The maximum Gasteiger partial charge on any atom is 0.255 e. The molecule has 20 heavy (non-hydrogen) atoms. The van der Waals surface area contributed by atoms with Crippen molar-refractivity contribution in [3.8, 4) is 5.75 Å². The lowest BCUT2D eigenvalue weighted by Gasteiger charge is -2.09. The Morgan fingerprint density at radius 2 is 2.00 bits per heavy atom. The van der Waals surface area contributed by atoms with E-state index in [9.17, 15) is 4.79 Å². The first-order valence-corrected chi connectivity index (χ1v) is 7.09. The van der Waals surface area contributed by atoms with E-state index in [1.807, 2.05) is 19.1 Å². The summed E-state index contributed by atoms with van der Waals surface area (Å²) in [5.41, 5.74) is 2.17. The Hall–Kier alpha value is -1.52. The summed E-state index contributed by atoms with van der Waals surface area (Å²) in [5, 5.41) is 3.34. The fourth-order valence-corrected chi connectivity index (χ4v) is 2.70. The molecule has 2 aromatic carbocycles. The molecule has 5 heteroatoms. The molecule has 0 unspecified atom stereocenters. The largest absolute Gasteiger partial charge is 0.496 e. The first-order valence-electron chi connectivity index (χ1n) is 5.91. The average Bonchev–Trinajstić information content (AvgIpc) is 2.37. The van der Waals surface area contributed by atoms with Gasteiger partial charge in [-0.05, 0) is 48.9 Å². The van der Waals surface area contributed by atoms with E-state index in [2.05, 4.69) is 21.2 Å². The first kappa shape index (κ1) is 14.9. The highest BCUT2D eigenvalue weighted by molar-refractivity contribution is 9.10. The Kier molecular flexibility index (Phi) is 4.68. The summed E-state index contributed by atoms with van der Waals surface area (Å²) in [7, 11) is 1.62. The molecule has 3 nitrogen and oxygen atoms in total. The molecular weight excluding hydrogens is 342 g/mol. The van der Waals surface area contributed by atoms with E-state index in [1.165, 1.54) is 0 Å². The number of methoxy groups -OCH3 is 1. The molecule has 0 aliphatic carbocycles. The second kappa shape index (κ2) is 6.29. The van der Waals surface area contributed by atoms with Gasteiger partial charge in [-0.15, -0.1) is 0 Å². The highest BCUT2D eigenvalue weighted by Crippen LogP contribution is 2.23. The molecule has 0 fully saturated rings. The number of hydrogen-bond donors (Lipinski definition) is 1. The van der Waals surface area contributed by atoms with Crippen molar-refractivity contribution in [2.45, 2.75) is 6.92 Å². The van der Waals surface area contributed by atoms with Gasteiger partial charge in [0.2, 0.25) is 0 Å². The molecule has 2 aromatic rings. The molecule has 1 N–H and O–H groups in total. The van der Waals surface area contributed by atoms with Gasteiger partial charge in [0.05, 0.1) is 7.11 Å². The fourth-order valence-electron chi connectivity index (χ4n) is 1.84. The van der Waals surface area contributed by atoms with Crippen molar-refractivity contribution in [2.24, 2.45) is 0 Å². The quantitative estimate of drug-likeness (QED) is 0.869. The molecule has 0 saturated heterocycles. The molecule has 0 aliphatic rings. The van der Waals surface area contributed by atoms with Crippen molar-refractivity contribution in [1.29, 1.82) is 0 Å². The molecule has 0 heterocycles. The van der Waals surface area contributed by atoms with Gasteiger partial charge in [-0.1, -0.05) is 27.5 Å². The van der Waals surface area contributed by atoms with Crippen molar-refractivity contribution < 1.29 is 9.53 Å². The molecular formula is C15H13BrClNO2. The maximum atomic E-state index is 12.2. The van der Waals surface area contributed by atoms with Gasteiger partial charge in [-0.2, -0.15) is 0 Å². The van der Waals surface area contributed by atoms with Gasteiger partial charge in [0, 0.05) is 20.7 Å². The number of halogens is 2. The van der Waals surface area contributed by atoms with Gasteiger partial charge in [-0.3, -0.25) is 4.79 Å². The van der Waals surface area contributed by atoms with Crippen LogP contribution in [0.3, 0.4) is 0 Å². The molecule has 2 rings (SSSR count). The highest BCUT2D eigenvalue weighted by Gasteiger charge is 2.09.